The number of nitriles is 1. The SMILES string of the molecule is N#CC(CN1CCN(C2CC2)CC1)C(F)(F)F. The Labute approximate surface area is 98.8 Å². The van der Waals surface area contributed by atoms with Crippen molar-refractivity contribution in [3.63, 3.8) is 0 Å². The zero-order valence-electron chi connectivity index (χ0n) is 9.58. The van der Waals surface area contributed by atoms with E-state index in [2.05, 4.69) is 4.90 Å². The molecule has 6 heteroatoms. The first-order valence-electron chi connectivity index (χ1n) is 5.93. The Morgan fingerprint density at radius 2 is 1.76 bits per heavy atom. The van der Waals surface area contributed by atoms with Crippen LogP contribution < -0.4 is 0 Å². The van der Waals surface area contributed by atoms with E-state index in [1.165, 1.54) is 18.9 Å². The molecule has 0 aromatic carbocycles. The number of rotatable bonds is 3. The minimum Gasteiger partial charge on any atom is -0.299 e. The minimum absolute atomic E-state index is 0.182. The number of hydrogen-bond acceptors (Lipinski definition) is 3. The molecule has 1 aliphatic carbocycles. The molecular weight excluding hydrogens is 231 g/mol. The molecule has 0 N–H and O–H groups in total. The second kappa shape index (κ2) is 4.83. The van der Waals surface area contributed by atoms with Gasteiger partial charge in [0.15, 0.2) is 5.92 Å². The maximum absolute atomic E-state index is 12.4. The van der Waals surface area contributed by atoms with E-state index in [1.54, 1.807) is 4.90 Å². The van der Waals surface area contributed by atoms with Gasteiger partial charge in [-0.25, -0.2) is 0 Å². The van der Waals surface area contributed by atoms with E-state index in [0.717, 1.165) is 13.1 Å². The predicted molar refractivity (Wildman–Crippen MR) is 56.2 cm³/mol. The van der Waals surface area contributed by atoms with Crippen LogP contribution in [0.5, 0.6) is 0 Å². The van der Waals surface area contributed by atoms with Crippen LogP contribution in [0, 0.1) is 17.2 Å². The van der Waals surface area contributed by atoms with Crippen molar-refractivity contribution in [1.82, 2.24) is 9.80 Å². The predicted octanol–water partition coefficient (Wildman–Crippen LogP) is 1.47. The summed E-state index contributed by atoms with van der Waals surface area (Å²) in [6.45, 7) is 2.77. The number of nitrogens with zero attached hydrogens (tertiary/aromatic N) is 3. The van der Waals surface area contributed by atoms with E-state index in [0.29, 0.717) is 19.1 Å². The summed E-state index contributed by atoms with van der Waals surface area (Å²) in [6, 6.07) is 2.03. The molecule has 1 saturated heterocycles. The lowest BCUT2D eigenvalue weighted by Gasteiger charge is -2.35. The molecule has 0 aromatic heterocycles. The van der Waals surface area contributed by atoms with E-state index >= 15 is 0 Å². The summed E-state index contributed by atoms with van der Waals surface area (Å²) in [7, 11) is 0. The summed E-state index contributed by atoms with van der Waals surface area (Å²) in [5.74, 6) is -1.85. The van der Waals surface area contributed by atoms with Crippen LogP contribution in [0.1, 0.15) is 12.8 Å². The molecule has 2 fully saturated rings. The lowest BCUT2D eigenvalue weighted by Crippen LogP contribution is -2.49. The van der Waals surface area contributed by atoms with Crippen molar-refractivity contribution >= 4 is 0 Å². The smallest absolute Gasteiger partial charge is 0.299 e. The van der Waals surface area contributed by atoms with Gasteiger partial charge in [-0.1, -0.05) is 0 Å². The first kappa shape index (κ1) is 12.7. The van der Waals surface area contributed by atoms with Gasteiger partial charge in [0.05, 0.1) is 6.07 Å². The second-order valence-electron chi connectivity index (χ2n) is 4.79. The molecule has 0 bridgehead atoms. The van der Waals surface area contributed by atoms with Crippen LogP contribution in [0.2, 0.25) is 0 Å². The largest absolute Gasteiger partial charge is 0.405 e. The number of piperazine rings is 1. The van der Waals surface area contributed by atoms with Crippen LogP contribution in [0.25, 0.3) is 0 Å². The molecule has 0 radical (unpaired) electrons. The Kier molecular flexibility index (Phi) is 3.59. The molecule has 1 aliphatic heterocycles. The van der Waals surface area contributed by atoms with Crippen LogP contribution in [0.15, 0.2) is 0 Å². The number of hydrogen-bond donors (Lipinski definition) is 0. The third-order valence-corrected chi connectivity index (χ3v) is 3.46. The molecule has 1 atom stereocenters. The van der Waals surface area contributed by atoms with Crippen LogP contribution in [-0.4, -0.2) is 54.7 Å². The normalized spacial score (nSPS) is 25.5. The van der Waals surface area contributed by atoms with Gasteiger partial charge in [0.2, 0.25) is 0 Å². The first-order chi connectivity index (χ1) is 8.00. The Morgan fingerprint density at radius 3 is 2.18 bits per heavy atom. The van der Waals surface area contributed by atoms with Gasteiger partial charge in [-0.2, -0.15) is 18.4 Å². The highest BCUT2D eigenvalue weighted by molar-refractivity contribution is 4.93. The molecular formula is C11H16F3N3. The standard InChI is InChI=1S/C11H16F3N3/c12-11(13,14)9(7-15)8-16-3-5-17(6-4-16)10-1-2-10/h9-10H,1-6,8H2. The van der Waals surface area contributed by atoms with E-state index in [4.69, 9.17) is 5.26 Å². The summed E-state index contributed by atoms with van der Waals surface area (Å²) in [5.41, 5.74) is 0. The maximum atomic E-state index is 12.4. The summed E-state index contributed by atoms with van der Waals surface area (Å²) in [6.07, 6.45) is -1.95. The zero-order valence-corrected chi connectivity index (χ0v) is 9.58. The van der Waals surface area contributed by atoms with Crippen LogP contribution >= 0.6 is 0 Å². The molecule has 2 rings (SSSR count). The molecule has 96 valence electrons. The lowest BCUT2D eigenvalue weighted by molar-refractivity contribution is -0.164. The van der Waals surface area contributed by atoms with Gasteiger partial charge in [0, 0.05) is 38.8 Å². The van der Waals surface area contributed by atoms with Gasteiger partial charge in [-0.15, -0.1) is 0 Å². The molecule has 17 heavy (non-hydrogen) atoms. The number of halogens is 3. The van der Waals surface area contributed by atoms with Gasteiger partial charge in [-0.05, 0) is 12.8 Å². The molecule has 0 aromatic rings. The van der Waals surface area contributed by atoms with Gasteiger partial charge in [0.1, 0.15) is 0 Å². The highest BCUT2D eigenvalue weighted by Crippen LogP contribution is 2.29. The average molecular weight is 247 g/mol. The first-order valence-corrected chi connectivity index (χ1v) is 5.93. The van der Waals surface area contributed by atoms with Crippen molar-refractivity contribution in [3.8, 4) is 6.07 Å². The van der Waals surface area contributed by atoms with E-state index in [-0.39, 0.29) is 6.54 Å². The van der Waals surface area contributed by atoms with Crippen LogP contribution in [-0.2, 0) is 0 Å². The molecule has 3 nitrogen and oxygen atoms in total. The average Bonchev–Trinajstić information content (AvgIpc) is 3.09. The Hall–Kier alpha value is -0.800. The molecule has 0 spiro atoms. The summed E-state index contributed by atoms with van der Waals surface area (Å²) in [5, 5.41) is 8.54. The Bertz CT molecular complexity index is 298. The van der Waals surface area contributed by atoms with Crippen molar-refractivity contribution in [2.24, 2.45) is 5.92 Å². The molecule has 0 amide bonds. The summed E-state index contributed by atoms with van der Waals surface area (Å²) in [4.78, 5) is 4.09. The van der Waals surface area contributed by atoms with Crippen molar-refractivity contribution in [1.29, 1.82) is 5.26 Å². The van der Waals surface area contributed by atoms with Gasteiger partial charge >= 0.3 is 6.18 Å². The lowest BCUT2D eigenvalue weighted by atomic mass is 10.1. The van der Waals surface area contributed by atoms with Crippen LogP contribution in [0.3, 0.4) is 0 Å². The van der Waals surface area contributed by atoms with Crippen molar-refractivity contribution in [2.45, 2.75) is 25.1 Å². The summed E-state index contributed by atoms with van der Waals surface area (Å²) < 4.78 is 37.3. The van der Waals surface area contributed by atoms with E-state index < -0.39 is 12.1 Å². The Morgan fingerprint density at radius 1 is 1.18 bits per heavy atom. The van der Waals surface area contributed by atoms with E-state index in [1.807, 2.05) is 0 Å². The fourth-order valence-electron chi connectivity index (χ4n) is 2.23. The van der Waals surface area contributed by atoms with Crippen molar-refractivity contribution in [2.75, 3.05) is 32.7 Å². The fraction of sp³-hybridized carbons (Fsp3) is 0.909. The number of alkyl halides is 3. The van der Waals surface area contributed by atoms with Crippen molar-refractivity contribution in [3.05, 3.63) is 0 Å². The molecule has 2 aliphatic rings. The zero-order chi connectivity index (χ0) is 12.5. The summed E-state index contributed by atoms with van der Waals surface area (Å²) >= 11 is 0. The van der Waals surface area contributed by atoms with Gasteiger partial charge in [-0.3, -0.25) is 9.80 Å². The Balaban J connectivity index is 1.78. The topological polar surface area (TPSA) is 30.3 Å². The molecule has 1 saturated carbocycles. The second-order valence-corrected chi connectivity index (χ2v) is 4.79. The molecule has 1 unspecified atom stereocenters. The van der Waals surface area contributed by atoms with Crippen LogP contribution in [0.4, 0.5) is 13.2 Å². The molecule has 1 heterocycles. The minimum atomic E-state index is -4.40. The van der Waals surface area contributed by atoms with Gasteiger partial charge < -0.3 is 0 Å². The third kappa shape index (κ3) is 3.33. The van der Waals surface area contributed by atoms with E-state index in [9.17, 15) is 13.2 Å². The fourth-order valence-corrected chi connectivity index (χ4v) is 2.23. The van der Waals surface area contributed by atoms with Gasteiger partial charge in [0.25, 0.3) is 0 Å². The third-order valence-electron chi connectivity index (χ3n) is 3.46. The monoisotopic (exact) mass is 247 g/mol. The highest BCUT2D eigenvalue weighted by Gasteiger charge is 2.41. The van der Waals surface area contributed by atoms with Crippen molar-refractivity contribution < 1.29 is 13.2 Å². The highest BCUT2D eigenvalue weighted by atomic mass is 19.4. The maximum Gasteiger partial charge on any atom is 0.405 e. The quantitative estimate of drug-likeness (QED) is 0.756.